The molecule has 0 radical (unpaired) electrons. The Morgan fingerprint density at radius 2 is 1.89 bits per heavy atom. The Morgan fingerprint density at radius 1 is 1.16 bits per heavy atom. The fraction of sp³-hybridized carbons (Fsp3) is 0.600. The van der Waals surface area contributed by atoms with Crippen molar-refractivity contribution in [2.45, 2.75) is 20.3 Å². The minimum atomic E-state index is -0.239. The van der Waals surface area contributed by atoms with Gasteiger partial charge >= 0.3 is 0 Å². The molecule has 0 spiro atoms. The summed E-state index contributed by atoms with van der Waals surface area (Å²) in [5.41, 5.74) is 1.01. The highest BCUT2D eigenvalue weighted by molar-refractivity contribution is 5.59. The summed E-state index contributed by atoms with van der Waals surface area (Å²) in [5.74, 6) is 0.420. The molecule has 106 valence electrons. The van der Waals surface area contributed by atoms with Gasteiger partial charge in [0.25, 0.3) is 0 Å². The molecule has 0 N–H and O–H groups in total. The van der Waals surface area contributed by atoms with E-state index >= 15 is 0 Å². The van der Waals surface area contributed by atoms with Crippen LogP contribution in [0.3, 0.4) is 0 Å². The van der Waals surface area contributed by atoms with Crippen molar-refractivity contribution in [3.8, 4) is 5.75 Å². The predicted octanol–water partition coefficient (Wildman–Crippen LogP) is 2.76. The molecule has 0 unspecified atom stereocenters. The zero-order valence-electron chi connectivity index (χ0n) is 11.9. The van der Waals surface area contributed by atoms with Crippen molar-refractivity contribution < 1.29 is 9.13 Å². The van der Waals surface area contributed by atoms with Crippen molar-refractivity contribution in [1.29, 1.82) is 0 Å². The van der Waals surface area contributed by atoms with E-state index in [1.54, 1.807) is 0 Å². The van der Waals surface area contributed by atoms with Crippen LogP contribution in [0.15, 0.2) is 18.2 Å². The summed E-state index contributed by atoms with van der Waals surface area (Å²) in [4.78, 5) is 4.76. The molecule has 1 saturated heterocycles. The van der Waals surface area contributed by atoms with Crippen LogP contribution in [0.4, 0.5) is 10.1 Å². The molecule has 0 amide bonds. The van der Waals surface area contributed by atoms with Crippen LogP contribution in [0, 0.1) is 5.82 Å². The highest BCUT2D eigenvalue weighted by Crippen LogP contribution is 2.30. The van der Waals surface area contributed by atoms with Gasteiger partial charge in [-0.25, -0.2) is 4.39 Å². The molecule has 4 heteroatoms. The molecular weight excluding hydrogens is 243 g/mol. The van der Waals surface area contributed by atoms with Gasteiger partial charge in [0.1, 0.15) is 11.6 Å². The van der Waals surface area contributed by atoms with Gasteiger partial charge in [0.05, 0.1) is 12.3 Å². The Balaban J connectivity index is 2.06. The van der Waals surface area contributed by atoms with Crippen LogP contribution in [-0.4, -0.2) is 44.2 Å². The average molecular weight is 266 g/mol. The quantitative estimate of drug-likeness (QED) is 0.815. The molecule has 0 saturated carbocycles. The number of rotatable bonds is 5. The molecule has 1 fully saturated rings. The molecule has 1 aliphatic rings. The van der Waals surface area contributed by atoms with Crippen molar-refractivity contribution in [3.05, 3.63) is 24.0 Å². The third kappa shape index (κ3) is 3.60. The third-order valence-electron chi connectivity index (χ3n) is 3.47. The number of nitrogens with zero attached hydrogens (tertiary/aromatic N) is 2. The number of halogens is 1. The van der Waals surface area contributed by atoms with Crippen molar-refractivity contribution in [1.82, 2.24) is 4.90 Å². The third-order valence-corrected chi connectivity index (χ3v) is 3.47. The molecule has 0 atom stereocenters. The number of piperazine rings is 1. The van der Waals surface area contributed by atoms with Crippen LogP contribution in [0.5, 0.6) is 5.75 Å². The van der Waals surface area contributed by atoms with Gasteiger partial charge in [-0.1, -0.05) is 6.92 Å². The molecule has 1 aliphatic heterocycles. The van der Waals surface area contributed by atoms with E-state index in [-0.39, 0.29) is 5.82 Å². The lowest BCUT2D eigenvalue weighted by Gasteiger charge is -2.36. The van der Waals surface area contributed by atoms with Gasteiger partial charge in [0.2, 0.25) is 0 Å². The molecule has 1 aromatic rings. The van der Waals surface area contributed by atoms with Gasteiger partial charge in [0, 0.05) is 32.2 Å². The van der Waals surface area contributed by atoms with Gasteiger partial charge in [0.15, 0.2) is 0 Å². The molecule has 1 heterocycles. The molecule has 3 nitrogen and oxygen atoms in total. The first-order valence-corrected chi connectivity index (χ1v) is 7.14. The Bertz CT molecular complexity index is 403. The van der Waals surface area contributed by atoms with Crippen LogP contribution < -0.4 is 9.64 Å². The van der Waals surface area contributed by atoms with Gasteiger partial charge in [-0.2, -0.15) is 0 Å². The van der Waals surface area contributed by atoms with Crippen LogP contribution >= 0.6 is 0 Å². The summed E-state index contributed by atoms with van der Waals surface area (Å²) in [6, 6.07) is 4.82. The SMILES string of the molecule is CCCN1CCN(c2ccc(F)cc2OCC)CC1. The van der Waals surface area contributed by atoms with Crippen molar-refractivity contribution in [3.63, 3.8) is 0 Å². The first-order valence-electron chi connectivity index (χ1n) is 7.14. The first-order chi connectivity index (χ1) is 9.24. The molecule has 2 rings (SSSR count). The van der Waals surface area contributed by atoms with Crippen LogP contribution in [0.25, 0.3) is 0 Å². The summed E-state index contributed by atoms with van der Waals surface area (Å²) in [7, 11) is 0. The lowest BCUT2D eigenvalue weighted by Crippen LogP contribution is -2.46. The molecule has 0 aliphatic carbocycles. The first kappa shape index (κ1) is 14.1. The normalized spacial score (nSPS) is 16.7. The minimum Gasteiger partial charge on any atom is -0.492 e. The van der Waals surface area contributed by atoms with Gasteiger partial charge in [-0.15, -0.1) is 0 Å². The number of benzene rings is 1. The molecule has 0 bridgehead atoms. The highest BCUT2D eigenvalue weighted by Gasteiger charge is 2.19. The van der Waals surface area contributed by atoms with Crippen molar-refractivity contribution in [2.75, 3.05) is 44.2 Å². The zero-order valence-corrected chi connectivity index (χ0v) is 11.9. The van der Waals surface area contributed by atoms with E-state index in [1.165, 1.54) is 18.6 Å². The van der Waals surface area contributed by atoms with Crippen molar-refractivity contribution in [2.24, 2.45) is 0 Å². The summed E-state index contributed by atoms with van der Waals surface area (Å²) in [6.45, 7) is 9.94. The molecule has 1 aromatic carbocycles. The largest absolute Gasteiger partial charge is 0.492 e. The second kappa shape index (κ2) is 6.75. The maximum absolute atomic E-state index is 13.3. The van der Waals surface area contributed by atoms with Gasteiger partial charge < -0.3 is 9.64 Å². The highest BCUT2D eigenvalue weighted by atomic mass is 19.1. The van der Waals surface area contributed by atoms with Gasteiger partial charge in [-0.3, -0.25) is 4.90 Å². The summed E-state index contributed by atoms with van der Waals surface area (Å²) in [5, 5.41) is 0. The second-order valence-electron chi connectivity index (χ2n) is 4.87. The van der Waals surface area contributed by atoms with Crippen molar-refractivity contribution >= 4 is 5.69 Å². The Morgan fingerprint density at radius 3 is 2.53 bits per heavy atom. The number of anilines is 1. The maximum Gasteiger partial charge on any atom is 0.145 e. The van der Waals surface area contributed by atoms with Gasteiger partial charge in [-0.05, 0) is 32.0 Å². The maximum atomic E-state index is 13.3. The minimum absolute atomic E-state index is 0.239. The second-order valence-corrected chi connectivity index (χ2v) is 4.87. The number of hydrogen-bond donors (Lipinski definition) is 0. The van der Waals surface area contributed by atoms with E-state index in [9.17, 15) is 4.39 Å². The van der Waals surface area contributed by atoms with E-state index in [1.807, 2.05) is 13.0 Å². The average Bonchev–Trinajstić information content (AvgIpc) is 2.41. The lowest BCUT2D eigenvalue weighted by molar-refractivity contribution is 0.257. The standard InChI is InChI=1S/C15H23FN2O/c1-3-7-17-8-10-18(11-9-17)14-6-5-13(16)12-15(14)19-4-2/h5-6,12H,3-4,7-11H2,1-2H3. The smallest absolute Gasteiger partial charge is 0.145 e. The van der Waals surface area contributed by atoms with Crippen LogP contribution in [0.2, 0.25) is 0 Å². The number of ether oxygens (including phenoxy) is 1. The molecule has 19 heavy (non-hydrogen) atoms. The summed E-state index contributed by atoms with van der Waals surface area (Å²) in [6.07, 6.45) is 1.20. The fourth-order valence-electron chi connectivity index (χ4n) is 2.55. The van der Waals surface area contributed by atoms with E-state index in [4.69, 9.17) is 4.74 Å². The van der Waals surface area contributed by atoms with E-state index in [0.717, 1.165) is 38.4 Å². The Kier molecular flexibility index (Phi) is 5.02. The van der Waals surface area contributed by atoms with E-state index in [2.05, 4.69) is 16.7 Å². The Hall–Kier alpha value is -1.29. The van der Waals surface area contributed by atoms with E-state index in [0.29, 0.717) is 12.4 Å². The van der Waals surface area contributed by atoms with E-state index < -0.39 is 0 Å². The lowest BCUT2D eigenvalue weighted by atomic mass is 10.2. The zero-order chi connectivity index (χ0) is 13.7. The monoisotopic (exact) mass is 266 g/mol. The van der Waals surface area contributed by atoms with Crippen LogP contribution in [-0.2, 0) is 0 Å². The predicted molar refractivity (Wildman–Crippen MR) is 76.5 cm³/mol. The van der Waals surface area contributed by atoms with Crippen LogP contribution in [0.1, 0.15) is 20.3 Å². The Labute approximate surface area is 115 Å². The summed E-state index contributed by atoms with van der Waals surface area (Å²) >= 11 is 0. The summed E-state index contributed by atoms with van der Waals surface area (Å²) < 4.78 is 18.8. The number of hydrogen-bond acceptors (Lipinski definition) is 3. The topological polar surface area (TPSA) is 15.7 Å². The fourth-order valence-corrected chi connectivity index (χ4v) is 2.55. The molecule has 0 aromatic heterocycles. The molecular formula is C15H23FN2O.